The van der Waals surface area contributed by atoms with Gasteiger partial charge in [-0.2, -0.15) is 0 Å². The zero-order valence-electron chi connectivity index (χ0n) is 10.6. The third-order valence-corrected chi connectivity index (χ3v) is 7.00. The van der Waals surface area contributed by atoms with E-state index in [1.165, 1.54) is 12.5 Å². The lowest BCUT2D eigenvalue weighted by Crippen LogP contribution is -2.28. The largest absolute Gasteiger partial charge is 0.481 e. The predicted octanol–water partition coefficient (Wildman–Crippen LogP) is 1.98. The van der Waals surface area contributed by atoms with Gasteiger partial charge in [0.25, 0.3) is 0 Å². The first-order valence-electron chi connectivity index (χ1n) is 6.06. The van der Waals surface area contributed by atoms with Crippen molar-refractivity contribution < 1.29 is 18.3 Å². The van der Waals surface area contributed by atoms with Crippen LogP contribution in [-0.4, -0.2) is 35.7 Å². The molecule has 1 aromatic rings. The molecule has 19 heavy (non-hydrogen) atoms. The van der Waals surface area contributed by atoms with Crippen molar-refractivity contribution in [1.29, 1.82) is 0 Å². The van der Waals surface area contributed by atoms with Crippen molar-refractivity contribution in [1.82, 2.24) is 0 Å². The Morgan fingerprint density at radius 2 is 2.16 bits per heavy atom. The molecule has 0 spiro atoms. The number of carbonyl (C=O) groups is 1. The Labute approximate surface area is 117 Å². The van der Waals surface area contributed by atoms with E-state index in [0.717, 1.165) is 11.3 Å². The molecule has 1 heterocycles. The van der Waals surface area contributed by atoms with E-state index in [0.29, 0.717) is 0 Å². The van der Waals surface area contributed by atoms with Gasteiger partial charge in [-0.3, -0.25) is 4.79 Å². The van der Waals surface area contributed by atoms with Gasteiger partial charge in [-0.25, -0.2) is 8.42 Å². The number of thioether (sulfide) groups is 1. The van der Waals surface area contributed by atoms with Gasteiger partial charge in [0.05, 0.1) is 17.4 Å². The summed E-state index contributed by atoms with van der Waals surface area (Å²) < 4.78 is 24.2. The fraction of sp³-hybridized carbons (Fsp3) is 0.462. The number of carboxylic acid groups (broad SMARTS) is 1. The van der Waals surface area contributed by atoms with Crippen molar-refractivity contribution in [2.24, 2.45) is 0 Å². The van der Waals surface area contributed by atoms with Crippen molar-refractivity contribution in [2.75, 3.05) is 5.75 Å². The summed E-state index contributed by atoms with van der Waals surface area (Å²) >= 11 is 1.57. The molecule has 2 atom stereocenters. The number of hydrogen-bond donors (Lipinski definition) is 1. The van der Waals surface area contributed by atoms with Crippen LogP contribution in [0.25, 0.3) is 0 Å². The average Bonchev–Trinajstić information content (AvgIpc) is 2.68. The minimum Gasteiger partial charge on any atom is -0.481 e. The molecule has 0 saturated heterocycles. The highest BCUT2D eigenvalue weighted by atomic mass is 32.2. The maximum atomic E-state index is 12.1. The van der Waals surface area contributed by atoms with Crippen LogP contribution < -0.4 is 0 Å². The van der Waals surface area contributed by atoms with E-state index >= 15 is 0 Å². The normalized spacial score (nSPS) is 19.9. The number of benzene rings is 1. The van der Waals surface area contributed by atoms with Crippen LogP contribution in [0.3, 0.4) is 0 Å². The molecule has 6 heteroatoms. The average molecular weight is 300 g/mol. The fourth-order valence-electron chi connectivity index (χ4n) is 2.14. The first-order valence-corrected chi connectivity index (χ1v) is 8.66. The van der Waals surface area contributed by atoms with Crippen LogP contribution in [0.2, 0.25) is 0 Å². The summed E-state index contributed by atoms with van der Waals surface area (Å²) in [5, 5.41) is 7.85. The molecule has 2 unspecified atom stereocenters. The highest BCUT2D eigenvalue weighted by Gasteiger charge is 2.31. The van der Waals surface area contributed by atoms with Gasteiger partial charge < -0.3 is 5.11 Å². The van der Waals surface area contributed by atoms with Gasteiger partial charge in [-0.15, -0.1) is 11.8 Å². The summed E-state index contributed by atoms with van der Waals surface area (Å²) in [6, 6.07) is 7.89. The second-order valence-electron chi connectivity index (χ2n) is 4.79. The van der Waals surface area contributed by atoms with E-state index in [1.54, 1.807) is 11.8 Å². The molecule has 0 fully saturated rings. The van der Waals surface area contributed by atoms with Crippen LogP contribution in [0.1, 0.15) is 18.9 Å². The lowest BCUT2D eigenvalue weighted by Gasteiger charge is -2.14. The predicted molar refractivity (Wildman–Crippen MR) is 75.3 cm³/mol. The van der Waals surface area contributed by atoms with Crippen molar-refractivity contribution in [2.45, 2.75) is 35.2 Å². The van der Waals surface area contributed by atoms with Crippen LogP contribution in [-0.2, 0) is 21.1 Å². The summed E-state index contributed by atoms with van der Waals surface area (Å²) in [4.78, 5) is 11.7. The lowest BCUT2D eigenvalue weighted by molar-refractivity contribution is -0.136. The van der Waals surface area contributed by atoms with E-state index < -0.39 is 21.1 Å². The van der Waals surface area contributed by atoms with Crippen molar-refractivity contribution >= 4 is 27.6 Å². The van der Waals surface area contributed by atoms with Gasteiger partial charge in [0.2, 0.25) is 0 Å². The van der Waals surface area contributed by atoms with Gasteiger partial charge in [-0.1, -0.05) is 18.2 Å². The van der Waals surface area contributed by atoms with Crippen LogP contribution >= 0.6 is 11.8 Å². The molecule has 104 valence electrons. The van der Waals surface area contributed by atoms with Gasteiger partial charge >= 0.3 is 5.97 Å². The second-order valence-corrected chi connectivity index (χ2v) is 8.60. The molecule has 1 aromatic carbocycles. The highest BCUT2D eigenvalue weighted by Crippen LogP contribution is 2.37. The molecule has 0 aliphatic carbocycles. The van der Waals surface area contributed by atoms with E-state index in [2.05, 4.69) is 0 Å². The molecule has 4 nitrogen and oxygen atoms in total. The van der Waals surface area contributed by atoms with Gasteiger partial charge in [0, 0.05) is 10.1 Å². The number of rotatable bonds is 5. The van der Waals surface area contributed by atoms with Gasteiger partial charge in [0.1, 0.15) is 0 Å². The summed E-state index contributed by atoms with van der Waals surface area (Å²) in [6.45, 7) is 1.47. The second kappa shape index (κ2) is 5.54. The van der Waals surface area contributed by atoms with Crippen LogP contribution in [0.5, 0.6) is 0 Å². The minimum absolute atomic E-state index is 0.00125. The minimum atomic E-state index is -3.36. The van der Waals surface area contributed by atoms with Crippen molar-refractivity contribution in [3.05, 3.63) is 29.8 Å². The molecule has 0 radical (unpaired) electrons. The lowest BCUT2D eigenvalue weighted by atomic mass is 10.1. The van der Waals surface area contributed by atoms with Gasteiger partial charge in [0.15, 0.2) is 9.84 Å². The van der Waals surface area contributed by atoms with E-state index in [4.69, 9.17) is 5.11 Å². The Balaban J connectivity index is 2.02. The highest BCUT2D eigenvalue weighted by molar-refractivity contribution is 8.01. The molecule has 1 aliphatic rings. The number of sulfone groups is 1. The molecule has 2 rings (SSSR count). The summed E-state index contributed by atoms with van der Waals surface area (Å²) in [5.74, 6) is -1.03. The zero-order valence-corrected chi connectivity index (χ0v) is 12.2. The van der Waals surface area contributed by atoms with Crippen molar-refractivity contribution in [3.8, 4) is 0 Å². The molecular weight excluding hydrogens is 284 g/mol. The van der Waals surface area contributed by atoms with Crippen LogP contribution in [0.4, 0.5) is 0 Å². The Morgan fingerprint density at radius 1 is 1.47 bits per heavy atom. The maximum absolute atomic E-state index is 12.1. The summed E-state index contributed by atoms with van der Waals surface area (Å²) in [6.07, 6.45) is 0.409. The monoisotopic (exact) mass is 300 g/mol. The molecule has 0 bridgehead atoms. The molecule has 0 saturated carbocycles. The first kappa shape index (κ1) is 14.4. The molecule has 0 amide bonds. The Hall–Kier alpha value is -1.01. The van der Waals surface area contributed by atoms with E-state index in [-0.39, 0.29) is 17.4 Å². The fourth-order valence-corrected chi connectivity index (χ4v) is 5.43. The molecular formula is C13H16O4S2. The van der Waals surface area contributed by atoms with Crippen LogP contribution in [0.15, 0.2) is 29.2 Å². The quantitative estimate of drug-likeness (QED) is 0.900. The Morgan fingerprint density at radius 3 is 2.79 bits per heavy atom. The maximum Gasteiger partial charge on any atom is 0.304 e. The SMILES string of the molecule is CC(CC(=O)O)S(=O)(=O)CC1Cc2ccccc2S1. The number of fused-ring (bicyclic) bond motifs is 1. The standard InChI is InChI=1S/C13H16O4S2/c1-9(6-13(14)15)19(16,17)8-11-7-10-4-2-3-5-12(10)18-11/h2-5,9,11H,6-8H2,1H3,(H,14,15). The number of aliphatic carboxylic acids is 1. The summed E-state index contributed by atoms with van der Waals surface area (Å²) in [7, 11) is -3.36. The molecule has 0 aromatic heterocycles. The third-order valence-electron chi connectivity index (χ3n) is 3.21. The third kappa shape index (κ3) is 3.51. The number of hydrogen-bond acceptors (Lipinski definition) is 4. The molecule has 1 aliphatic heterocycles. The Kier molecular flexibility index (Phi) is 4.20. The Bertz CT molecular complexity index is 555. The number of carboxylic acids is 1. The zero-order chi connectivity index (χ0) is 14.0. The smallest absolute Gasteiger partial charge is 0.304 e. The topological polar surface area (TPSA) is 71.4 Å². The van der Waals surface area contributed by atoms with Crippen LogP contribution in [0, 0.1) is 0 Å². The van der Waals surface area contributed by atoms with E-state index in [9.17, 15) is 13.2 Å². The summed E-state index contributed by atoms with van der Waals surface area (Å²) in [5.41, 5.74) is 1.18. The molecule has 1 N–H and O–H groups in total. The van der Waals surface area contributed by atoms with Crippen molar-refractivity contribution in [3.63, 3.8) is 0 Å². The van der Waals surface area contributed by atoms with Gasteiger partial charge in [-0.05, 0) is 25.0 Å². The first-order chi connectivity index (χ1) is 8.88. The van der Waals surface area contributed by atoms with E-state index in [1.807, 2.05) is 24.3 Å².